The van der Waals surface area contributed by atoms with Crippen LogP contribution in [0, 0.1) is 0 Å². The highest BCUT2D eigenvalue weighted by atomic mass is 35.7. The third kappa shape index (κ3) is 2.91. The van der Waals surface area contributed by atoms with E-state index in [0.29, 0.717) is 24.4 Å². The predicted octanol–water partition coefficient (Wildman–Crippen LogP) is 2.53. The fourth-order valence-corrected chi connectivity index (χ4v) is 2.93. The van der Waals surface area contributed by atoms with Gasteiger partial charge in [0.1, 0.15) is 11.4 Å². The van der Waals surface area contributed by atoms with Crippen LogP contribution in [0.5, 0.6) is 5.75 Å². The Morgan fingerprint density at radius 2 is 2.10 bits per heavy atom. The molecule has 7 heteroatoms. The number of rotatable bonds is 2. The van der Waals surface area contributed by atoms with Gasteiger partial charge in [0.2, 0.25) is 5.91 Å². The molecule has 110 valence electrons. The van der Waals surface area contributed by atoms with Crippen molar-refractivity contribution in [3.63, 3.8) is 0 Å². The minimum atomic E-state index is -3.84. The average Bonchev–Trinajstić information content (AvgIpc) is 2.34. The predicted molar refractivity (Wildman–Crippen MR) is 76.8 cm³/mol. The molecule has 1 aromatic carbocycles. The summed E-state index contributed by atoms with van der Waals surface area (Å²) in [7, 11) is 1.50. The summed E-state index contributed by atoms with van der Waals surface area (Å²) < 4.78 is 28.6. The molecule has 0 bridgehead atoms. The highest BCUT2D eigenvalue weighted by Crippen LogP contribution is 2.39. The molecule has 0 aromatic heterocycles. The number of fused-ring (bicyclic) bond motifs is 1. The molecule has 0 fully saturated rings. The number of anilines is 1. The van der Waals surface area contributed by atoms with Gasteiger partial charge in [0, 0.05) is 17.1 Å². The number of ether oxygens (including phenoxy) is 1. The molecule has 0 unspecified atom stereocenters. The second kappa shape index (κ2) is 4.93. The lowest BCUT2D eigenvalue weighted by molar-refractivity contribution is -0.119. The van der Waals surface area contributed by atoms with Gasteiger partial charge in [-0.25, -0.2) is 8.42 Å². The van der Waals surface area contributed by atoms with E-state index in [2.05, 4.69) is 0 Å². The molecule has 2 rings (SSSR count). The van der Waals surface area contributed by atoms with Crippen LogP contribution in [0.4, 0.5) is 5.69 Å². The Morgan fingerprint density at radius 3 is 2.65 bits per heavy atom. The monoisotopic (exact) mass is 317 g/mol. The van der Waals surface area contributed by atoms with Crippen molar-refractivity contribution < 1.29 is 17.9 Å². The van der Waals surface area contributed by atoms with Crippen molar-refractivity contribution in [2.24, 2.45) is 0 Å². The lowest BCUT2D eigenvalue weighted by Gasteiger charge is -2.39. The van der Waals surface area contributed by atoms with Gasteiger partial charge in [-0.2, -0.15) is 0 Å². The molecule has 20 heavy (non-hydrogen) atoms. The third-order valence-corrected chi connectivity index (χ3v) is 4.38. The first-order chi connectivity index (χ1) is 9.14. The van der Waals surface area contributed by atoms with Crippen LogP contribution in [0.1, 0.15) is 27.2 Å². The highest BCUT2D eigenvalue weighted by Gasteiger charge is 2.35. The van der Waals surface area contributed by atoms with E-state index in [1.54, 1.807) is 11.8 Å². The molecule has 1 aliphatic rings. The molecular formula is C13H16ClNO4S. The second-order valence-corrected chi connectivity index (χ2v) is 7.83. The van der Waals surface area contributed by atoms with Crippen molar-refractivity contribution in [3.8, 4) is 5.75 Å². The van der Waals surface area contributed by atoms with E-state index in [4.69, 9.17) is 15.4 Å². The normalized spacial score (nSPS) is 17.3. The van der Waals surface area contributed by atoms with Gasteiger partial charge in [0.05, 0.1) is 17.1 Å². The first-order valence-corrected chi connectivity index (χ1v) is 8.53. The van der Waals surface area contributed by atoms with Gasteiger partial charge in [0.15, 0.2) is 0 Å². The molecule has 0 saturated heterocycles. The zero-order valence-electron chi connectivity index (χ0n) is 11.5. The smallest absolute Gasteiger partial charge is 0.261 e. The fourth-order valence-electron chi connectivity index (χ4n) is 2.16. The second-order valence-electron chi connectivity index (χ2n) is 5.26. The first-order valence-electron chi connectivity index (χ1n) is 6.22. The zero-order valence-corrected chi connectivity index (χ0v) is 13.1. The van der Waals surface area contributed by atoms with Crippen LogP contribution >= 0.6 is 10.7 Å². The highest BCUT2D eigenvalue weighted by molar-refractivity contribution is 8.13. The van der Waals surface area contributed by atoms with Gasteiger partial charge in [-0.05, 0) is 32.0 Å². The molecule has 0 saturated carbocycles. The van der Waals surface area contributed by atoms with E-state index in [0.717, 1.165) is 0 Å². The Kier molecular flexibility index (Phi) is 3.73. The molecule has 0 spiro atoms. The SMILES string of the molecule is CCC(=O)N1CC(C)(C)Oc2ccc(S(=O)(=O)Cl)cc21. The van der Waals surface area contributed by atoms with Crippen molar-refractivity contribution in [1.82, 2.24) is 0 Å². The van der Waals surface area contributed by atoms with Gasteiger partial charge in [-0.15, -0.1) is 0 Å². The maximum absolute atomic E-state index is 12.1. The molecule has 1 aromatic rings. The number of carbonyl (C=O) groups is 1. The van der Waals surface area contributed by atoms with E-state index in [1.807, 2.05) is 13.8 Å². The van der Waals surface area contributed by atoms with Crippen LogP contribution in [0.15, 0.2) is 23.1 Å². The number of hydrogen-bond acceptors (Lipinski definition) is 4. The largest absolute Gasteiger partial charge is 0.484 e. The Balaban J connectivity index is 2.58. The molecule has 1 aliphatic heterocycles. The minimum absolute atomic E-state index is 0.0462. The summed E-state index contributed by atoms with van der Waals surface area (Å²) in [5.41, 5.74) is -0.0861. The molecule has 0 aliphatic carbocycles. The zero-order chi connectivity index (χ0) is 15.1. The molecule has 5 nitrogen and oxygen atoms in total. The number of amides is 1. The number of halogens is 1. The number of nitrogens with zero attached hydrogens (tertiary/aromatic N) is 1. The number of benzene rings is 1. The van der Waals surface area contributed by atoms with Crippen LogP contribution < -0.4 is 9.64 Å². The van der Waals surface area contributed by atoms with Gasteiger partial charge in [-0.1, -0.05) is 6.92 Å². The number of hydrogen-bond donors (Lipinski definition) is 0. The van der Waals surface area contributed by atoms with Crippen molar-refractivity contribution in [3.05, 3.63) is 18.2 Å². The van der Waals surface area contributed by atoms with Crippen LogP contribution in [-0.2, 0) is 13.8 Å². The Labute approximate surface area is 122 Å². The lowest BCUT2D eigenvalue weighted by Crippen LogP contribution is -2.49. The molecule has 1 heterocycles. The Morgan fingerprint density at radius 1 is 1.45 bits per heavy atom. The van der Waals surface area contributed by atoms with E-state index in [9.17, 15) is 13.2 Å². The Bertz CT molecular complexity index is 654. The van der Waals surface area contributed by atoms with Gasteiger partial charge in [0.25, 0.3) is 9.05 Å². The van der Waals surface area contributed by atoms with Crippen molar-refractivity contribution in [2.45, 2.75) is 37.7 Å². The number of carbonyl (C=O) groups excluding carboxylic acids is 1. The van der Waals surface area contributed by atoms with Gasteiger partial charge in [-0.3, -0.25) is 4.79 Å². The summed E-state index contributed by atoms with van der Waals surface area (Å²) >= 11 is 0. The maximum atomic E-state index is 12.1. The summed E-state index contributed by atoms with van der Waals surface area (Å²) in [6.07, 6.45) is 0.327. The summed E-state index contributed by atoms with van der Waals surface area (Å²) in [6.45, 7) is 5.86. The quantitative estimate of drug-likeness (QED) is 0.786. The van der Waals surface area contributed by atoms with Gasteiger partial charge >= 0.3 is 0 Å². The molecule has 0 N–H and O–H groups in total. The molecular weight excluding hydrogens is 302 g/mol. The third-order valence-electron chi connectivity index (χ3n) is 3.03. The fraction of sp³-hybridized carbons (Fsp3) is 0.462. The summed E-state index contributed by atoms with van der Waals surface area (Å²) in [6, 6.07) is 4.28. The van der Waals surface area contributed by atoms with E-state index >= 15 is 0 Å². The first kappa shape index (κ1) is 15.1. The summed E-state index contributed by atoms with van der Waals surface area (Å²) in [5, 5.41) is 0. The minimum Gasteiger partial charge on any atom is -0.484 e. The topological polar surface area (TPSA) is 63.7 Å². The standard InChI is InChI=1S/C13H16ClNO4S/c1-4-12(16)15-8-13(2,3)19-11-6-5-9(7-10(11)15)20(14,17)18/h5-7H,4,8H2,1-3H3. The van der Waals surface area contributed by atoms with E-state index in [-0.39, 0.29) is 10.8 Å². The van der Waals surface area contributed by atoms with Crippen LogP contribution in [-0.4, -0.2) is 26.5 Å². The van der Waals surface area contributed by atoms with E-state index < -0.39 is 14.7 Å². The van der Waals surface area contributed by atoms with Crippen molar-refractivity contribution >= 4 is 31.3 Å². The van der Waals surface area contributed by atoms with Crippen LogP contribution in [0.3, 0.4) is 0 Å². The van der Waals surface area contributed by atoms with E-state index in [1.165, 1.54) is 18.2 Å². The summed E-state index contributed by atoms with van der Waals surface area (Å²) in [4.78, 5) is 13.6. The van der Waals surface area contributed by atoms with Crippen LogP contribution in [0.2, 0.25) is 0 Å². The molecule has 0 radical (unpaired) electrons. The lowest BCUT2D eigenvalue weighted by atomic mass is 10.0. The maximum Gasteiger partial charge on any atom is 0.261 e. The van der Waals surface area contributed by atoms with Crippen LogP contribution in [0.25, 0.3) is 0 Å². The summed E-state index contributed by atoms with van der Waals surface area (Å²) in [5.74, 6) is 0.388. The molecule has 0 atom stereocenters. The Hall–Kier alpha value is -1.27. The van der Waals surface area contributed by atoms with Gasteiger partial charge < -0.3 is 9.64 Å². The van der Waals surface area contributed by atoms with Crippen molar-refractivity contribution in [1.29, 1.82) is 0 Å². The van der Waals surface area contributed by atoms with Crippen molar-refractivity contribution in [2.75, 3.05) is 11.4 Å². The average molecular weight is 318 g/mol. The molecule has 1 amide bonds.